The van der Waals surface area contributed by atoms with Gasteiger partial charge in [-0.15, -0.1) is 11.3 Å². The number of halogens is 1. The van der Waals surface area contributed by atoms with Crippen molar-refractivity contribution in [2.75, 3.05) is 12.4 Å². The van der Waals surface area contributed by atoms with Crippen LogP contribution in [0.1, 0.15) is 27.6 Å². The number of hydrogen-bond acceptors (Lipinski definition) is 6. The third-order valence-electron chi connectivity index (χ3n) is 3.21. The Balaban J connectivity index is 2.03. The lowest BCUT2D eigenvalue weighted by Crippen LogP contribution is -2.30. The first-order chi connectivity index (χ1) is 11.8. The number of esters is 1. The van der Waals surface area contributed by atoms with Crippen molar-refractivity contribution in [2.24, 2.45) is 5.73 Å². The summed E-state index contributed by atoms with van der Waals surface area (Å²) in [6, 6.07) is 5.02. The lowest BCUT2D eigenvalue weighted by atomic mass is 10.2. The van der Waals surface area contributed by atoms with Gasteiger partial charge in [0.1, 0.15) is 5.00 Å². The molecule has 0 aliphatic rings. The SMILES string of the molecule is COc1ccc(C(=O)O[C@@H](C)C(=O)Nc2sccc2C(N)=O)cc1F. The van der Waals surface area contributed by atoms with Gasteiger partial charge in [-0.1, -0.05) is 0 Å². The Bertz CT molecular complexity index is 821. The maximum Gasteiger partial charge on any atom is 0.339 e. The summed E-state index contributed by atoms with van der Waals surface area (Å²) in [5.41, 5.74) is 5.29. The molecule has 9 heteroatoms. The van der Waals surface area contributed by atoms with Crippen LogP contribution in [0, 0.1) is 5.82 Å². The van der Waals surface area contributed by atoms with Crippen molar-refractivity contribution in [3.05, 3.63) is 46.6 Å². The Labute approximate surface area is 146 Å². The van der Waals surface area contributed by atoms with Gasteiger partial charge in [0.2, 0.25) is 0 Å². The van der Waals surface area contributed by atoms with Crippen LogP contribution < -0.4 is 15.8 Å². The second kappa shape index (κ2) is 7.75. The van der Waals surface area contributed by atoms with E-state index in [9.17, 15) is 18.8 Å². The molecule has 1 heterocycles. The third kappa shape index (κ3) is 4.32. The molecule has 1 aromatic heterocycles. The fourth-order valence-electron chi connectivity index (χ4n) is 1.89. The van der Waals surface area contributed by atoms with Gasteiger partial charge in [0.25, 0.3) is 11.8 Å². The number of benzene rings is 1. The van der Waals surface area contributed by atoms with Crippen LogP contribution in [0.2, 0.25) is 0 Å². The maximum atomic E-state index is 13.6. The highest BCUT2D eigenvalue weighted by Gasteiger charge is 2.22. The third-order valence-corrected chi connectivity index (χ3v) is 4.04. The molecule has 0 saturated carbocycles. The second-order valence-electron chi connectivity index (χ2n) is 4.91. The van der Waals surface area contributed by atoms with Gasteiger partial charge in [-0.3, -0.25) is 9.59 Å². The molecule has 0 spiro atoms. The molecule has 25 heavy (non-hydrogen) atoms. The average molecular weight is 366 g/mol. The van der Waals surface area contributed by atoms with E-state index in [1.165, 1.54) is 32.2 Å². The molecule has 2 rings (SSSR count). The van der Waals surface area contributed by atoms with Crippen molar-refractivity contribution in [3.63, 3.8) is 0 Å². The number of carbonyl (C=O) groups excluding carboxylic acids is 3. The highest BCUT2D eigenvalue weighted by Crippen LogP contribution is 2.23. The molecule has 0 fully saturated rings. The monoisotopic (exact) mass is 366 g/mol. The Morgan fingerprint density at radius 3 is 2.60 bits per heavy atom. The summed E-state index contributed by atoms with van der Waals surface area (Å²) in [5.74, 6) is -2.94. The maximum absolute atomic E-state index is 13.6. The van der Waals surface area contributed by atoms with E-state index in [4.69, 9.17) is 15.2 Å². The van der Waals surface area contributed by atoms with E-state index in [1.807, 2.05) is 0 Å². The normalized spacial score (nSPS) is 11.5. The number of methoxy groups -OCH3 is 1. The van der Waals surface area contributed by atoms with Gasteiger partial charge in [-0.2, -0.15) is 0 Å². The van der Waals surface area contributed by atoms with Crippen molar-refractivity contribution in [1.82, 2.24) is 0 Å². The molecule has 132 valence electrons. The van der Waals surface area contributed by atoms with Crippen molar-refractivity contribution in [1.29, 1.82) is 0 Å². The molecule has 2 aromatic rings. The van der Waals surface area contributed by atoms with E-state index >= 15 is 0 Å². The summed E-state index contributed by atoms with van der Waals surface area (Å²) in [4.78, 5) is 35.3. The van der Waals surface area contributed by atoms with E-state index in [-0.39, 0.29) is 21.9 Å². The van der Waals surface area contributed by atoms with Crippen molar-refractivity contribution < 1.29 is 28.2 Å². The summed E-state index contributed by atoms with van der Waals surface area (Å²) < 4.78 is 23.4. The van der Waals surface area contributed by atoms with E-state index in [1.54, 1.807) is 5.38 Å². The summed E-state index contributed by atoms with van der Waals surface area (Å²) in [5, 5.41) is 4.32. The van der Waals surface area contributed by atoms with Crippen molar-refractivity contribution in [3.8, 4) is 5.75 Å². The lowest BCUT2D eigenvalue weighted by molar-refractivity contribution is -0.123. The first kappa shape index (κ1) is 18.4. The molecule has 1 aromatic carbocycles. The zero-order valence-electron chi connectivity index (χ0n) is 13.4. The standard InChI is InChI=1S/C16H15FN2O5S/c1-8(14(21)19-15-10(13(18)20)5-6-25-15)24-16(22)9-3-4-12(23-2)11(17)7-9/h3-8H,1-2H3,(H2,18,20)(H,19,21)/t8-/m0/s1. The molecule has 1 atom stereocenters. The van der Waals surface area contributed by atoms with Gasteiger partial charge in [0.05, 0.1) is 18.2 Å². The Morgan fingerprint density at radius 2 is 2.00 bits per heavy atom. The van der Waals surface area contributed by atoms with E-state index in [2.05, 4.69) is 5.32 Å². The predicted molar refractivity (Wildman–Crippen MR) is 89.3 cm³/mol. The number of primary amides is 1. The zero-order chi connectivity index (χ0) is 18.6. The first-order valence-corrected chi connectivity index (χ1v) is 7.94. The molecule has 0 saturated heterocycles. The first-order valence-electron chi connectivity index (χ1n) is 7.06. The molecule has 0 unspecified atom stereocenters. The van der Waals surface area contributed by atoms with Crippen LogP contribution in [0.5, 0.6) is 5.75 Å². The van der Waals surface area contributed by atoms with Gasteiger partial charge >= 0.3 is 5.97 Å². The molecule has 0 aliphatic carbocycles. The number of rotatable bonds is 6. The van der Waals surface area contributed by atoms with Gasteiger partial charge in [-0.05, 0) is 36.6 Å². The summed E-state index contributed by atoms with van der Waals surface area (Å²) in [6.07, 6.45) is -1.17. The zero-order valence-corrected chi connectivity index (χ0v) is 14.2. The topological polar surface area (TPSA) is 108 Å². The summed E-state index contributed by atoms with van der Waals surface area (Å²) in [7, 11) is 1.30. The smallest absolute Gasteiger partial charge is 0.339 e. The Hall–Kier alpha value is -2.94. The van der Waals surface area contributed by atoms with Crippen molar-refractivity contribution >= 4 is 34.1 Å². The number of nitrogens with one attached hydrogen (secondary N) is 1. The molecular formula is C16H15FN2O5S. The molecule has 0 radical (unpaired) electrons. The average Bonchev–Trinajstić information content (AvgIpc) is 3.02. The number of thiophene rings is 1. The van der Waals surface area contributed by atoms with Crippen molar-refractivity contribution in [2.45, 2.75) is 13.0 Å². The molecule has 0 aliphatic heterocycles. The van der Waals surface area contributed by atoms with Crippen LogP contribution in [-0.2, 0) is 9.53 Å². The lowest BCUT2D eigenvalue weighted by Gasteiger charge is -2.13. The van der Waals surface area contributed by atoms with Crippen LogP contribution in [-0.4, -0.2) is 31.0 Å². The summed E-state index contributed by atoms with van der Waals surface area (Å²) in [6.45, 7) is 1.35. The Kier molecular flexibility index (Phi) is 5.71. The Morgan fingerprint density at radius 1 is 1.28 bits per heavy atom. The van der Waals surface area contributed by atoms with Crippen LogP contribution in [0.15, 0.2) is 29.6 Å². The van der Waals surface area contributed by atoms with Crippen LogP contribution in [0.3, 0.4) is 0 Å². The summed E-state index contributed by atoms with van der Waals surface area (Å²) >= 11 is 1.11. The van der Waals surface area contributed by atoms with E-state index in [0.29, 0.717) is 0 Å². The number of nitrogens with two attached hydrogens (primary N) is 1. The molecule has 0 bridgehead atoms. The number of hydrogen-bond donors (Lipinski definition) is 2. The molecule has 3 N–H and O–H groups in total. The molecule has 7 nitrogen and oxygen atoms in total. The fraction of sp³-hybridized carbons (Fsp3) is 0.188. The minimum atomic E-state index is -1.17. The minimum Gasteiger partial charge on any atom is -0.494 e. The molecular weight excluding hydrogens is 351 g/mol. The number of anilines is 1. The number of carbonyl (C=O) groups is 3. The predicted octanol–water partition coefficient (Wildman–Crippen LogP) is 2.18. The van der Waals surface area contributed by atoms with Gasteiger partial charge < -0.3 is 20.5 Å². The van der Waals surface area contributed by atoms with E-state index < -0.39 is 29.7 Å². The minimum absolute atomic E-state index is 0.0148. The van der Waals surface area contributed by atoms with E-state index in [0.717, 1.165) is 17.4 Å². The molecule has 2 amide bonds. The van der Waals surface area contributed by atoms with Gasteiger partial charge in [0.15, 0.2) is 17.7 Å². The highest BCUT2D eigenvalue weighted by molar-refractivity contribution is 7.14. The number of amides is 2. The number of ether oxygens (including phenoxy) is 2. The quantitative estimate of drug-likeness (QED) is 0.762. The van der Waals surface area contributed by atoms with Gasteiger partial charge in [0, 0.05) is 0 Å². The second-order valence-corrected chi connectivity index (χ2v) is 5.83. The largest absolute Gasteiger partial charge is 0.494 e. The van der Waals surface area contributed by atoms with Gasteiger partial charge in [-0.25, -0.2) is 9.18 Å². The highest BCUT2D eigenvalue weighted by atomic mass is 32.1. The fourth-order valence-corrected chi connectivity index (χ4v) is 2.68. The van der Waals surface area contributed by atoms with Crippen LogP contribution >= 0.6 is 11.3 Å². The van der Waals surface area contributed by atoms with Crippen LogP contribution in [0.4, 0.5) is 9.39 Å². The van der Waals surface area contributed by atoms with Crippen LogP contribution in [0.25, 0.3) is 0 Å².